The molecule has 3 aromatic rings. The predicted octanol–water partition coefficient (Wildman–Crippen LogP) is 3.62. The molecule has 1 aliphatic heterocycles. The molecule has 1 aromatic heterocycles. The van der Waals surface area contributed by atoms with Crippen molar-refractivity contribution in [2.45, 2.75) is 19.9 Å². The summed E-state index contributed by atoms with van der Waals surface area (Å²) >= 11 is 0. The number of benzene rings is 2. The van der Waals surface area contributed by atoms with E-state index >= 15 is 0 Å². The van der Waals surface area contributed by atoms with Crippen LogP contribution in [0.1, 0.15) is 28.5 Å². The predicted molar refractivity (Wildman–Crippen MR) is 105 cm³/mol. The molecular formula is C22H18N2O5. The fraction of sp³-hybridized carbons (Fsp3) is 0.136. The lowest BCUT2D eigenvalue weighted by molar-refractivity contribution is -0.132. The van der Waals surface area contributed by atoms with Crippen LogP contribution in [0.4, 0.5) is 5.82 Å². The largest absolute Gasteiger partial charge is 0.508 e. The second-order valence-electron chi connectivity index (χ2n) is 6.93. The minimum atomic E-state index is -0.965. The molecule has 7 heteroatoms. The highest BCUT2D eigenvalue weighted by Crippen LogP contribution is 2.42. The SMILES string of the molecule is Cc1ccc(/C(O)=C2\C(=O)C(=O)N(c3cc(C)on3)[C@@H]2c2cccc(O)c2)cc1. The van der Waals surface area contributed by atoms with Gasteiger partial charge in [-0.05, 0) is 31.5 Å². The number of carbonyl (C=O) groups is 2. The monoisotopic (exact) mass is 390 g/mol. The first kappa shape index (κ1) is 18.5. The number of Topliss-reactive ketones (excluding diaryl/α,β-unsaturated/α-hetero) is 1. The molecule has 0 radical (unpaired) electrons. The number of rotatable bonds is 3. The Labute approximate surface area is 166 Å². The first-order valence-electron chi connectivity index (χ1n) is 8.97. The first-order chi connectivity index (χ1) is 13.9. The van der Waals surface area contributed by atoms with Gasteiger partial charge in [0.05, 0.1) is 11.6 Å². The van der Waals surface area contributed by atoms with E-state index < -0.39 is 17.7 Å². The Hall–Kier alpha value is -3.87. The molecule has 1 atom stereocenters. The third kappa shape index (κ3) is 3.16. The van der Waals surface area contributed by atoms with Crippen LogP contribution in [0.3, 0.4) is 0 Å². The van der Waals surface area contributed by atoms with E-state index in [-0.39, 0.29) is 22.9 Å². The van der Waals surface area contributed by atoms with Gasteiger partial charge in [0.2, 0.25) is 0 Å². The van der Waals surface area contributed by atoms with Gasteiger partial charge in [0.15, 0.2) is 5.82 Å². The van der Waals surface area contributed by atoms with Crippen molar-refractivity contribution in [1.29, 1.82) is 0 Å². The van der Waals surface area contributed by atoms with E-state index in [0.717, 1.165) is 5.56 Å². The Morgan fingerprint density at radius 1 is 1.07 bits per heavy atom. The summed E-state index contributed by atoms with van der Waals surface area (Å²) in [5.74, 6) is -1.37. The van der Waals surface area contributed by atoms with E-state index in [0.29, 0.717) is 16.9 Å². The Bertz CT molecular complexity index is 1140. The van der Waals surface area contributed by atoms with E-state index in [1.54, 1.807) is 43.3 Å². The number of aromatic nitrogens is 1. The van der Waals surface area contributed by atoms with Gasteiger partial charge < -0.3 is 14.7 Å². The summed E-state index contributed by atoms with van der Waals surface area (Å²) in [4.78, 5) is 27.0. The molecule has 0 bridgehead atoms. The number of anilines is 1. The number of hydrogen-bond donors (Lipinski definition) is 2. The molecule has 1 saturated heterocycles. The molecule has 4 rings (SSSR count). The highest BCUT2D eigenvalue weighted by molar-refractivity contribution is 6.51. The molecule has 1 amide bonds. The molecule has 2 heterocycles. The quantitative estimate of drug-likeness (QED) is 0.402. The van der Waals surface area contributed by atoms with Gasteiger partial charge in [-0.2, -0.15) is 0 Å². The second-order valence-corrected chi connectivity index (χ2v) is 6.93. The number of hydrogen-bond acceptors (Lipinski definition) is 6. The van der Waals surface area contributed by atoms with E-state index in [9.17, 15) is 19.8 Å². The van der Waals surface area contributed by atoms with Crippen LogP contribution >= 0.6 is 0 Å². The van der Waals surface area contributed by atoms with Gasteiger partial charge in [0.1, 0.15) is 17.3 Å². The molecular weight excluding hydrogens is 372 g/mol. The lowest BCUT2D eigenvalue weighted by atomic mass is 9.95. The van der Waals surface area contributed by atoms with Crippen LogP contribution in [0.25, 0.3) is 5.76 Å². The fourth-order valence-corrected chi connectivity index (χ4v) is 3.41. The van der Waals surface area contributed by atoms with Gasteiger partial charge in [-0.15, -0.1) is 0 Å². The number of phenolic OH excluding ortho intramolecular Hbond substituents is 1. The number of carbonyl (C=O) groups excluding carboxylic acids is 2. The van der Waals surface area contributed by atoms with Crippen molar-refractivity contribution in [3.63, 3.8) is 0 Å². The van der Waals surface area contributed by atoms with Crippen molar-refractivity contribution in [1.82, 2.24) is 5.16 Å². The highest BCUT2D eigenvalue weighted by atomic mass is 16.5. The van der Waals surface area contributed by atoms with Crippen LogP contribution in [-0.2, 0) is 9.59 Å². The van der Waals surface area contributed by atoms with E-state index in [1.165, 1.54) is 23.1 Å². The number of amides is 1. The maximum absolute atomic E-state index is 12.9. The average molecular weight is 390 g/mol. The summed E-state index contributed by atoms with van der Waals surface area (Å²) in [6, 6.07) is 13.7. The van der Waals surface area contributed by atoms with Crippen molar-refractivity contribution in [2.24, 2.45) is 0 Å². The summed E-state index contributed by atoms with van der Waals surface area (Å²) in [5, 5.41) is 24.8. The number of phenols is 1. The third-order valence-electron chi connectivity index (χ3n) is 4.82. The molecule has 146 valence electrons. The van der Waals surface area contributed by atoms with Gasteiger partial charge in [-0.25, -0.2) is 0 Å². The van der Waals surface area contributed by atoms with Gasteiger partial charge in [-0.3, -0.25) is 14.5 Å². The van der Waals surface area contributed by atoms with Crippen molar-refractivity contribution < 1.29 is 24.3 Å². The Morgan fingerprint density at radius 3 is 2.41 bits per heavy atom. The molecule has 0 spiro atoms. The number of aliphatic hydroxyl groups excluding tert-OH is 1. The van der Waals surface area contributed by atoms with Crippen LogP contribution in [0.15, 0.2) is 64.7 Å². The molecule has 0 aliphatic carbocycles. The maximum Gasteiger partial charge on any atom is 0.301 e. The summed E-state index contributed by atoms with van der Waals surface area (Å²) < 4.78 is 5.08. The van der Waals surface area contributed by atoms with Gasteiger partial charge >= 0.3 is 5.91 Å². The lowest BCUT2D eigenvalue weighted by Crippen LogP contribution is -2.29. The third-order valence-corrected chi connectivity index (χ3v) is 4.82. The Morgan fingerprint density at radius 2 is 1.79 bits per heavy atom. The van der Waals surface area contributed by atoms with Crippen molar-refractivity contribution in [3.05, 3.63) is 82.6 Å². The smallest absolute Gasteiger partial charge is 0.301 e. The second kappa shape index (κ2) is 6.94. The maximum atomic E-state index is 12.9. The van der Waals surface area contributed by atoms with E-state index in [1.807, 2.05) is 6.92 Å². The molecule has 7 nitrogen and oxygen atoms in total. The summed E-state index contributed by atoms with van der Waals surface area (Å²) in [5.41, 5.74) is 1.78. The fourth-order valence-electron chi connectivity index (χ4n) is 3.41. The summed E-state index contributed by atoms with van der Waals surface area (Å²) in [6.45, 7) is 3.57. The zero-order chi connectivity index (χ0) is 20.7. The Balaban J connectivity index is 1.95. The van der Waals surface area contributed by atoms with Crippen molar-refractivity contribution in [3.8, 4) is 5.75 Å². The van der Waals surface area contributed by atoms with Crippen LogP contribution in [0.2, 0.25) is 0 Å². The van der Waals surface area contributed by atoms with E-state index in [2.05, 4.69) is 5.16 Å². The molecule has 29 heavy (non-hydrogen) atoms. The first-order valence-corrected chi connectivity index (χ1v) is 8.97. The van der Waals surface area contributed by atoms with Crippen LogP contribution < -0.4 is 4.90 Å². The summed E-state index contributed by atoms with van der Waals surface area (Å²) in [6.07, 6.45) is 0. The number of aryl methyl sites for hydroxylation is 2. The lowest BCUT2D eigenvalue weighted by Gasteiger charge is -2.23. The van der Waals surface area contributed by atoms with Gasteiger partial charge in [-0.1, -0.05) is 47.1 Å². The number of ketones is 1. The minimum absolute atomic E-state index is 0.0280. The molecule has 2 aromatic carbocycles. The van der Waals surface area contributed by atoms with Crippen LogP contribution in [0.5, 0.6) is 5.75 Å². The van der Waals surface area contributed by atoms with Crippen molar-refractivity contribution >= 4 is 23.3 Å². The zero-order valence-electron chi connectivity index (χ0n) is 15.8. The molecule has 0 saturated carbocycles. The minimum Gasteiger partial charge on any atom is -0.508 e. The normalized spacial score (nSPS) is 18.4. The topological polar surface area (TPSA) is 104 Å². The molecule has 1 fully saturated rings. The van der Waals surface area contributed by atoms with Crippen LogP contribution in [0, 0.1) is 13.8 Å². The van der Waals surface area contributed by atoms with E-state index in [4.69, 9.17) is 4.52 Å². The Kier molecular flexibility index (Phi) is 4.43. The van der Waals surface area contributed by atoms with Crippen molar-refractivity contribution in [2.75, 3.05) is 4.90 Å². The van der Waals surface area contributed by atoms with Gasteiger partial charge in [0.25, 0.3) is 5.78 Å². The molecule has 2 N–H and O–H groups in total. The molecule has 1 aliphatic rings. The number of aromatic hydroxyl groups is 1. The average Bonchev–Trinajstić information content (AvgIpc) is 3.23. The standard InChI is InChI=1S/C22H18N2O5/c1-12-6-8-14(9-7-12)20(26)18-19(15-4-3-5-16(25)11-15)24(22(28)21(18)27)17-10-13(2)29-23-17/h3-11,19,25-26H,1-2H3/b20-18+/t19-/m1/s1. The summed E-state index contributed by atoms with van der Waals surface area (Å²) in [7, 11) is 0. The number of aliphatic hydroxyl groups is 1. The van der Waals surface area contributed by atoms with Gasteiger partial charge in [0, 0.05) is 11.6 Å². The highest BCUT2D eigenvalue weighted by Gasteiger charge is 2.48. The zero-order valence-corrected chi connectivity index (χ0v) is 15.8. The van der Waals surface area contributed by atoms with Crippen LogP contribution in [-0.4, -0.2) is 27.1 Å². The molecule has 0 unspecified atom stereocenters. The number of nitrogens with zero attached hydrogens (tertiary/aromatic N) is 2.